The van der Waals surface area contributed by atoms with Crippen molar-refractivity contribution in [3.05, 3.63) is 39.4 Å². The second-order valence-electron chi connectivity index (χ2n) is 3.95. The molecule has 0 radical (unpaired) electrons. The molecule has 21 heavy (non-hydrogen) atoms. The molecule has 0 aromatic heterocycles. The number of unbranched alkanes of at least 4 members (excludes halogenated alkanes) is 1. The number of esters is 2. The first-order valence-corrected chi connectivity index (χ1v) is 7.29. The third-order valence-electron chi connectivity index (χ3n) is 2.30. The molecule has 0 aliphatic heterocycles. The predicted octanol–water partition coefficient (Wildman–Crippen LogP) is 4.45. The molecule has 0 saturated heterocycles. The number of halogens is 3. The number of carbonyl (C=O) groups excluding carboxylic acids is 2. The number of benzene rings is 1. The molecule has 1 rings (SSSR count). The third-order valence-corrected chi connectivity index (χ3v) is 3.39. The van der Waals surface area contributed by atoms with E-state index in [0.717, 1.165) is 25.0 Å². The standard InChI is InChI=1S/C14H13Cl3O4/c1-2-3-8-20-11(18)6-7-12(19)21-14-10(16)5-4-9(15)13(14)17/h4-7H,2-3,8H2,1H3/b7-6+. The van der Waals surface area contributed by atoms with E-state index in [4.69, 9.17) is 44.3 Å². The maximum Gasteiger partial charge on any atom is 0.336 e. The Balaban J connectivity index is 2.62. The zero-order chi connectivity index (χ0) is 15.8. The van der Waals surface area contributed by atoms with Crippen molar-refractivity contribution in [1.82, 2.24) is 0 Å². The van der Waals surface area contributed by atoms with Gasteiger partial charge in [0, 0.05) is 12.2 Å². The minimum absolute atomic E-state index is 0.0245. The van der Waals surface area contributed by atoms with Crippen molar-refractivity contribution in [3.8, 4) is 5.75 Å². The summed E-state index contributed by atoms with van der Waals surface area (Å²) in [6.45, 7) is 2.28. The highest BCUT2D eigenvalue weighted by atomic mass is 35.5. The van der Waals surface area contributed by atoms with Gasteiger partial charge in [-0.25, -0.2) is 9.59 Å². The number of carbonyl (C=O) groups is 2. The van der Waals surface area contributed by atoms with Crippen LogP contribution in [-0.2, 0) is 14.3 Å². The van der Waals surface area contributed by atoms with Gasteiger partial charge in [0.05, 0.1) is 16.7 Å². The Labute approximate surface area is 137 Å². The monoisotopic (exact) mass is 350 g/mol. The molecule has 114 valence electrons. The zero-order valence-electron chi connectivity index (χ0n) is 11.2. The van der Waals surface area contributed by atoms with Crippen LogP contribution in [0.1, 0.15) is 19.8 Å². The molecule has 0 heterocycles. The van der Waals surface area contributed by atoms with E-state index in [2.05, 4.69) is 0 Å². The fourth-order valence-electron chi connectivity index (χ4n) is 1.24. The van der Waals surface area contributed by atoms with Crippen molar-refractivity contribution in [2.75, 3.05) is 6.61 Å². The normalized spacial score (nSPS) is 10.7. The van der Waals surface area contributed by atoms with E-state index in [9.17, 15) is 9.59 Å². The summed E-state index contributed by atoms with van der Waals surface area (Å²) in [6, 6.07) is 2.92. The Morgan fingerprint density at radius 1 is 1.10 bits per heavy atom. The van der Waals surface area contributed by atoms with Gasteiger partial charge in [-0.05, 0) is 18.6 Å². The molecular formula is C14H13Cl3O4. The fourth-order valence-corrected chi connectivity index (χ4v) is 1.83. The molecule has 1 aromatic carbocycles. The van der Waals surface area contributed by atoms with Crippen LogP contribution in [0.4, 0.5) is 0 Å². The smallest absolute Gasteiger partial charge is 0.336 e. The first kappa shape index (κ1) is 17.8. The summed E-state index contributed by atoms with van der Waals surface area (Å²) in [5, 5.41) is 0.361. The van der Waals surface area contributed by atoms with Crippen LogP contribution in [-0.4, -0.2) is 18.5 Å². The number of hydrogen-bond acceptors (Lipinski definition) is 4. The van der Waals surface area contributed by atoms with E-state index in [1.54, 1.807) is 0 Å². The third kappa shape index (κ3) is 5.96. The van der Waals surface area contributed by atoms with Gasteiger partial charge in [-0.2, -0.15) is 0 Å². The van der Waals surface area contributed by atoms with Crippen LogP contribution in [0.2, 0.25) is 15.1 Å². The minimum Gasteiger partial charge on any atom is -0.463 e. The molecule has 0 saturated carbocycles. The summed E-state index contributed by atoms with van der Waals surface area (Å²) in [7, 11) is 0. The van der Waals surface area contributed by atoms with Gasteiger partial charge >= 0.3 is 11.9 Å². The molecule has 0 aliphatic rings. The van der Waals surface area contributed by atoms with E-state index < -0.39 is 11.9 Å². The highest BCUT2D eigenvalue weighted by molar-refractivity contribution is 6.44. The van der Waals surface area contributed by atoms with Gasteiger partial charge in [-0.15, -0.1) is 0 Å². The van der Waals surface area contributed by atoms with E-state index in [0.29, 0.717) is 6.61 Å². The molecule has 0 unspecified atom stereocenters. The first-order chi connectivity index (χ1) is 9.95. The second kappa shape index (κ2) is 8.93. The zero-order valence-corrected chi connectivity index (χ0v) is 13.5. The number of rotatable bonds is 6. The van der Waals surface area contributed by atoms with Crippen molar-refractivity contribution in [1.29, 1.82) is 0 Å². The Hall–Kier alpha value is -1.23. The van der Waals surface area contributed by atoms with Crippen molar-refractivity contribution in [2.45, 2.75) is 19.8 Å². The lowest BCUT2D eigenvalue weighted by molar-refractivity contribution is -0.138. The Morgan fingerprint density at radius 2 is 1.71 bits per heavy atom. The lowest BCUT2D eigenvalue weighted by Gasteiger charge is -2.07. The van der Waals surface area contributed by atoms with Gasteiger partial charge in [-0.3, -0.25) is 0 Å². The molecule has 0 atom stereocenters. The maximum atomic E-state index is 11.6. The first-order valence-electron chi connectivity index (χ1n) is 6.15. The highest BCUT2D eigenvalue weighted by Gasteiger charge is 2.14. The molecule has 0 spiro atoms. The highest BCUT2D eigenvalue weighted by Crippen LogP contribution is 2.38. The number of ether oxygens (including phenoxy) is 2. The summed E-state index contributed by atoms with van der Waals surface area (Å²) < 4.78 is 9.79. The van der Waals surface area contributed by atoms with Gasteiger partial charge in [0.2, 0.25) is 0 Å². The van der Waals surface area contributed by atoms with Crippen molar-refractivity contribution < 1.29 is 19.1 Å². The molecule has 0 bridgehead atoms. The molecule has 0 N–H and O–H groups in total. The van der Waals surface area contributed by atoms with Gasteiger partial charge in [0.1, 0.15) is 5.02 Å². The van der Waals surface area contributed by atoms with Crippen LogP contribution in [0.5, 0.6) is 5.75 Å². The molecule has 4 nitrogen and oxygen atoms in total. The summed E-state index contributed by atoms with van der Waals surface area (Å²) in [5.41, 5.74) is 0. The quantitative estimate of drug-likeness (QED) is 0.250. The van der Waals surface area contributed by atoms with Crippen LogP contribution in [0.3, 0.4) is 0 Å². The average molecular weight is 352 g/mol. The van der Waals surface area contributed by atoms with Gasteiger partial charge < -0.3 is 9.47 Å². The van der Waals surface area contributed by atoms with Crippen molar-refractivity contribution >= 4 is 46.7 Å². The van der Waals surface area contributed by atoms with E-state index in [1.807, 2.05) is 6.92 Å². The van der Waals surface area contributed by atoms with Gasteiger partial charge in [0.25, 0.3) is 0 Å². The van der Waals surface area contributed by atoms with Crippen LogP contribution in [0.15, 0.2) is 24.3 Å². The van der Waals surface area contributed by atoms with Crippen LogP contribution < -0.4 is 4.74 Å². The van der Waals surface area contributed by atoms with Crippen molar-refractivity contribution in [2.24, 2.45) is 0 Å². The van der Waals surface area contributed by atoms with E-state index >= 15 is 0 Å². The van der Waals surface area contributed by atoms with E-state index in [-0.39, 0.29) is 20.8 Å². The average Bonchev–Trinajstić information content (AvgIpc) is 2.46. The van der Waals surface area contributed by atoms with Gasteiger partial charge in [0.15, 0.2) is 5.75 Å². The van der Waals surface area contributed by atoms with Crippen molar-refractivity contribution in [3.63, 3.8) is 0 Å². The predicted molar refractivity (Wildman–Crippen MR) is 82.1 cm³/mol. The molecule has 0 fully saturated rings. The number of hydrogen-bond donors (Lipinski definition) is 0. The minimum atomic E-state index is -0.812. The lowest BCUT2D eigenvalue weighted by atomic mass is 10.3. The summed E-state index contributed by atoms with van der Waals surface area (Å²) in [6.07, 6.45) is 3.58. The largest absolute Gasteiger partial charge is 0.463 e. The summed E-state index contributed by atoms with van der Waals surface area (Å²) in [4.78, 5) is 22.9. The van der Waals surface area contributed by atoms with Gasteiger partial charge in [-0.1, -0.05) is 48.1 Å². The molecule has 1 aromatic rings. The summed E-state index contributed by atoms with van der Waals surface area (Å²) >= 11 is 17.5. The SMILES string of the molecule is CCCCOC(=O)/C=C/C(=O)Oc1c(Cl)ccc(Cl)c1Cl. The Kier molecular flexibility index (Phi) is 7.57. The van der Waals surface area contributed by atoms with E-state index in [1.165, 1.54) is 12.1 Å². The Bertz CT molecular complexity index is 555. The molecule has 0 aliphatic carbocycles. The molecule has 7 heteroatoms. The van der Waals surface area contributed by atoms with Crippen LogP contribution >= 0.6 is 34.8 Å². The second-order valence-corrected chi connectivity index (χ2v) is 5.14. The molecule has 0 amide bonds. The Morgan fingerprint density at radius 3 is 2.38 bits per heavy atom. The fraction of sp³-hybridized carbons (Fsp3) is 0.286. The maximum absolute atomic E-state index is 11.6. The topological polar surface area (TPSA) is 52.6 Å². The van der Waals surface area contributed by atoms with Crippen LogP contribution in [0.25, 0.3) is 0 Å². The molecular weight excluding hydrogens is 339 g/mol. The summed E-state index contributed by atoms with van der Waals surface area (Å²) in [5.74, 6) is -1.49. The van der Waals surface area contributed by atoms with Crippen LogP contribution in [0, 0.1) is 0 Å². The lowest BCUT2D eigenvalue weighted by Crippen LogP contribution is -2.07.